The fourth-order valence-electron chi connectivity index (χ4n) is 1.43. The fraction of sp³-hybridized carbons (Fsp3) is 0.455. The normalized spacial score (nSPS) is 10.9. The summed E-state index contributed by atoms with van der Waals surface area (Å²) in [6, 6.07) is 5.22. The Labute approximate surface area is 90.1 Å². The summed E-state index contributed by atoms with van der Waals surface area (Å²) in [7, 11) is 2.02. The molecule has 1 N–H and O–H groups in total. The molecule has 0 saturated heterocycles. The van der Waals surface area contributed by atoms with E-state index >= 15 is 0 Å². The summed E-state index contributed by atoms with van der Waals surface area (Å²) in [5.74, 6) is 0.278. The molecule has 3 heteroatoms. The van der Waals surface area contributed by atoms with E-state index in [0.29, 0.717) is 11.6 Å². The lowest BCUT2D eigenvalue weighted by molar-refractivity contribution is 0.321. The molecule has 0 unspecified atom stereocenters. The molecule has 14 heavy (non-hydrogen) atoms. The molecule has 0 heterocycles. The van der Waals surface area contributed by atoms with Crippen molar-refractivity contribution in [2.75, 3.05) is 13.6 Å². The van der Waals surface area contributed by atoms with Crippen molar-refractivity contribution in [3.8, 4) is 5.75 Å². The van der Waals surface area contributed by atoms with E-state index in [2.05, 4.69) is 11.8 Å². The number of hydrogen-bond acceptors (Lipinski definition) is 2. The molecular formula is C11H16ClNO. The van der Waals surface area contributed by atoms with Crippen LogP contribution in [0.15, 0.2) is 18.2 Å². The predicted octanol–water partition coefficient (Wildman–Crippen LogP) is 2.89. The van der Waals surface area contributed by atoms with E-state index in [-0.39, 0.29) is 5.75 Å². The van der Waals surface area contributed by atoms with Gasteiger partial charge in [-0.2, -0.15) is 0 Å². The highest BCUT2D eigenvalue weighted by atomic mass is 35.5. The molecule has 0 atom stereocenters. The average molecular weight is 214 g/mol. The van der Waals surface area contributed by atoms with Crippen LogP contribution in [0, 0.1) is 0 Å². The molecule has 0 radical (unpaired) electrons. The largest absolute Gasteiger partial charge is 0.508 e. The van der Waals surface area contributed by atoms with Gasteiger partial charge in [0.2, 0.25) is 0 Å². The Morgan fingerprint density at radius 2 is 2.14 bits per heavy atom. The highest BCUT2D eigenvalue weighted by molar-refractivity contribution is 6.31. The first-order valence-electron chi connectivity index (χ1n) is 4.80. The van der Waals surface area contributed by atoms with E-state index in [0.717, 1.165) is 18.5 Å². The molecule has 0 spiro atoms. The number of hydrogen-bond donors (Lipinski definition) is 1. The fourth-order valence-corrected chi connectivity index (χ4v) is 1.66. The molecule has 1 aromatic carbocycles. The first-order chi connectivity index (χ1) is 6.65. The van der Waals surface area contributed by atoms with Crippen LogP contribution >= 0.6 is 11.6 Å². The minimum absolute atomic E-state index is 0.278. The van der Waals surface area contributed by atoms with E-state index in [1.807, 2.05) is 7.05 Å². The Bertz CT molecular complexity index is 281. The van der Waals surface area contributed by atoms with Crippen molar-refractivity contribution in [2.24, 2.45) is 0 Å². The lowest BCUT2D eigenvalue weighted by Crippen LogP contribution is -2.18. The first kappa shape index (κ1) is 11.3. The lowest BCUT2D eigenvalue weighted by atomic mass is 10.2. The van der Waals surface area contributed by atoms with E-state index in [9.17, 15) is 5.11 Å². The molecule has 1 rings (SSSR count). The number of halogens is 1. The second-order valence-corrected chi connectivity index (χ2v) is 3.88. The Morgan fingerprint density at radius 3 is 2.71 bits per heavy atom. The number of nitrogens with zero attached hydrogens (tertiary/aromatic N) is 1. The summed E-state index contributed by atoms with van der Waals surface area (Å²) in [5.41, 5.74) is 0.810. The second-order valence-electron chi connectivity index (χ2n) is 3.48. The van der Waals surface area contributed by atoms with Gasteiger partial charge in [0.25, 0.3) is 0 Å². The zero-order valence-electron chi connectivity index (χ0n) is 8.63. The number of rotatable bonds is 4. The van der Waals surface area contributed by atoms with Gasteiger partial charge in [0.15, 0.2) is 0 Å². The van der Waals surface area contributed by atoms with Crippen LogP contribution in [0.4, 0.5) is 0 Å². The topological polar surface area (TPSA) is 23.5 Å². The van der Waals surface area contributed by atoms with Gasteiger partial charge in [0.05, 0.1) is 0 Å². The maximum absolute atomic E-state index is 9.60. The zero-order valence-corrected chi connectivity index (χ0v) is 9.38. The zero-order chi connectivity index (χ0) is 10.6. The summed E-state index contributed by atoms with van der Waals surface area (Å²) in [4.78, 5) is 2.14. The molecule has 78 valence electrons. The third-order valence-corrected chi connectivity index (χ3v) is 2.48. The smallest absolute Gasteiger partial charge is 0.121 e. The van der Waals surface area contributed by atoms with Gasteiger partial charge in [-0.05, 0) is 32.1 Å². The Balaban J connectivity index is 2.75. The van der Waals surface area contributed by atoms with Crippen LogP contribution in [0.2, 0.25) is 5.02 Å². The highest BCUT2D eigenvalue weighted by Gasteiger charge is 2.07. The van der Waals surface area contributed by atoms with Gasteiger partial charge in [0, 0.05) is 17.1 Å². The summed E-state index contributed by atoms with van der Waals surface area (Å²) in [6.45, 7) is 3.83. The molecule has 0 aliphatic rings. The maximum atomic E-state index is 9.60. The van der Waals surface area contributed by atoms with Crippen molar-refractivity contribution < 1.29 is 5.11 Å². The van der Waals surface area contributed by atoms with E-state index in [1.165, 1.54) is 0 Å². The first-order valence-corrected chi connectivity index (χ1v) is 5.17. The van der Waals surface area contributed by atoms with E-state index < -0.39 is 0 Å². The number of aromatic hydroxyl groups is 1. The minimum atomic E-state index is 0.278. The third kappa shape index (κ3) is 2.89. The van der Waals surface area contributed by atoms with Crippen LogP contribution < -0.4 is 0 Å². The molecule has 0 saturated carbocycles. The Kier molecular flexibility index (Phi) is 4.23. The van der Waals surface area contributed by atoms with Crippen molar-refractivity contribution in [1.29, 1.82) is 0 Å². The van der Waals surface area contributed by atoms with Crippen LogP contribution in [0.3, 0.4) is 0 Å². The molecule has 0 aliphatic carbocycles. The molecule has 2 nitrogen and oxygen atoms in total. The van der Waals surface area contributed by atoms with Crippen molar-refractivity contribution in [1.82, 2.24) is 4.90 Å². The van der Waals surface area contributed by atoms with Gasteiger partial charge in [-0.3, -0.25) is 0 Å². The number of phenols is 1. The minimum Gasteiger partial charge on any atom is -0.508 e. The van der Waals surface area contributed by atoms with Gasteiger partial charge in [0.1, 0.15) is 5.75 Å². The van der Waals surface area contributed by atoms with Crippen molar-refractivity contribution in [2.45, 2.75) is 19.9 Å². The van der Waals surface area contributed by atoms with Crippen molar-refractivity contribution in [3.63, 3.8) is 0 Å². The van der Waals surface area contributed by atoms with Gasteiger partial charge in [-0.15, -0.1) is 0 Å². The monoisotopic (exact) mass is 213 g/mol. The van der Waals surface area contributed by atoms with Crippen molar-refractivity contribution >= 4 is 11.6 Å². The van der Waals surface area contributed by atoms with Crippen molar-refractivity contribution in [3.05, 3.63) is 28.8 Å². The van der Waals surface area contributed by atoms with E-state index in [4.69, 9.17) is 11.6 Å². The molecular weight excluding hydrogens is 198 g/mol. The van der Waals surface area contributed by atoms with Crippen LogP contribution in [0.25, 0.3) is 0 Å². The maximum Gasteiger partial charge on any atom is 0.121 e. The van der Waals surface area contributed by atoms with Gasteiger partial charge < -0.3 is 10.0 Å². The molecule has 0 aromatic heterocycles. The second kappa shape index (κ2) is 5.23. The Morgan fingerprint density at radius 1 is 1.43 bits per heavy atom. The highest BCUT2D eigenvalue weighted by Crippen LogP contribution is 2.26. The van der Waals surface area contributed by atoms with Gasteiger partial charge in [-0.1, -0.05) is 24.6 Å². The summed E-state index contributed by atoms with van der Waals surface area (Å²) >= 11 is 5.99. The molecule has 0 fully saturated rings. The molecule has 1 aromatic rings. The Hall–Kier alpha value is -0.730. The number of phenolic OH excluding ortho intramolecular Hbond substituents is 1. The van der Waals surface area contributed by atoms with Gasteiger partial charge in [-0.25, -0.2) is 0 Å². The number of benzene rings is 1. The standard InChI is InChI=1S/C11H16ClNO/c1-3-7-13(2)8-9-10(12)5-4-6-11(9)14/h4-6,14H,3,7-8H2,1-2H3. The van der Waals surface area contributed by atoms with Gasteiger partial charge >= 0.3 is 0 Å². The van der Waals surface area contributed by atoms with Crippen LogP contribution in [-0.4, -0.2) is 23.6 Å². The van der Waals surface area contributed by atoms with E-state index in [1.54, 1.807) is 18.2 Å². The summed E-state index contributed by atoms with van der Waals surface area (Å²) < 4.78 is 0. The summed E-state index contributed by atoms with van der Waals surface area (Å²) in [5, 5.41) is 10.2. The molecule has 0 amide bonds. The SMILES string of the molecule is CCCN(C)Cc1c(O)cccc1Cl. The molecule has 0 bridgehead atoms. The van der Waals surface area contributed by atoms with Crippen LogP contribution in [0.5, 0.6) is 5.75 Å². The quantitative estimate of drug-likeness (QED) is 0.832. The average Bonchev–Trinajstić information content (AvgIpc) is 2.12. The van der Waals surface area contributed by atoms with Crippen LogP contribution in [-0.2, 0) is 6.54 Å². The summed E-state index contributed by atoms with van der Waals surface area (Å²) in [6.07, 6.45) is 1.10. The van der Waals surface area contributed by atoms with Crippen LogP contribution in [0.1, 0.15) is 18.9 Å². The lowest BCUT2D eigenvalue weighted by Gasteiger charge is -2.17. The molecule has 0 aliphatic heterocycles. The predicted molar refractivity (Wildman–Crippen MR) is 59.7 cm³/mol. The third-order valence-electron chi connectivity index (χ3n) is 2.13.